The number of amides is 3. The second-order valence-corrected chi connectivity index (χ2v) is 17.7. The average molecular weight is 741 g/mol. The van der Waals surface area contributed by atoms with E-state index < -0.39 is 27.5 Å². The number of anilines is 1. The van der Waals surface area contributed by atoms with Crippen LogP contribution in [0.2, 0.25) is 5.02 Å². The number of benzene rings is 2. The van der Waals surface area contributed by atoms with E-state index in [1.165, 1.54) is 23.1 Å². The molecule has 3 heterocycles. The van der Waals surface area contributed by atoms with Crippen molar-refractivity contribution in [2.24, 2.45) is 22.1 Å². The molecule has 3 aliphatic heterocycles. The molecule has 2 bridgehead atoms. The molecule has 2 fully saturated rings. The number of rotatable bonds is 4. The van der Waals surface area contributed by atoms with Gasteiger partial charge in [0.25, 0.3) is 5.91 Å². The number of likely N-dealkylation sites (tertiary alicyclic amines) is 1. The molecule has 1 spiro atoms. The number of methoxy groups -OCH3 is 2. The maximum absolute atomic E-state index is 14.5. The molecule has 13 heteroatoms. The number of hydrogen-bond acceptors (Lipinski definition) is 8. The van der Waals surface area contributed by atoms with Gasteiger partial charge in [0.05, 0.1) is 43.8 Å². The van der Waals surface area contributed by atoms with Gasteiger partial charge in [0.1, 0.15) is 21.3 Å². The number of fused-ring (bicyclic) bond motifs is 4. The number of aliphatic hydroxyl groups excluding tert-OH is 1. The summed E-state index contributed by atoms with van der Waals surface area (Å²) in [5.41, 5.74) is 2.48. The van der Waals surface area contributed by atoms with Crippen LogP contribution in [-0.4, -0.2) is 97.2 Å². The summed E-state index contributed by atoms with van der Waals surface area (Å²) >= 11 is 6.45. The van der Waals surface area contributed by atoms with E-state index in [-0.39, 0.29) is 48.4 Å². The Morgan fingerprint density at radius 3 is 2.73 bits per heavy atom. The zero-order valence-corrected chi connectivity index (χ0v) is 31.2. The number of halogens is 1. The Morgan fingerprint density at radius 2 is 2.00 bits per heavy atom. The Labute approximate surface area is 306 Å². The van der Waals surface area contributed by atoms with Crippen molar-refractivity contribution in [3.63, 3.8) is 0 Å². The molecular weight excluding hydrogens is 692 g/mol. The molecule has 2 aromatic rings. The van der Waals surface area contributed by atoms with Crippen LogP contribution >= 0.6 is 11.6 Å². The van der Waals surface area contributed by atoms with Crippen LogP contribution in [0.3, 0.4) is 0 Å². The Bertz CT molecular complexity index is 1820. The van der Waals surface area contributed by atoms with E-state index in [1.54, 1.807) is 13.2 Å². The molecule has 1 saturated heterocycles. The summed E-state index contributed by atoms with van der Waals surface area (Å²) in [7, 11) is -0.321. The largest absolute Gasteiger partial charge is 0.490 e. The van der Waals surface area contributed by atoms with Gasteiger partial charge >= 0.3 is 6.03 Å². The number of aryl methyl sites for hydroxylation is 1. The number of nitrogens with one attached hydrogen (secondary N) is 1. The highest BCUT2D eigenvalue weighted by Crippen LogP contribution is 2.47. The van der Waals surface area contributed by atoms with Crippen molar-refractivity contribution in [1.82, 2.24) is 9.62 Å². The number of carbonyl (C=O) groups is 2. The molecule has 6 atom stereocenters. The van der Waals surface area contributed by atoms with E-state index in [4.69, 9.17) is 25.8 Å². The fraction of sp³-hybridized carbons (Fsp3) is 0.579. The van der Waals surface area contributed by atoms with Crippen LogP contribution in [0.25, 0.3) is 0 Å². The molecule has 11 nitrogen and oxygen atoms in total. The van der Waals surface area contributed by atoms with Gasteiger partial charge in [0, 0.05) is 43.3 Å². The fourth-order valence-electron chi connectivity index (χ4n) is 8.65. The first-order valence-electron chi connectivity index (χ1n) is 18.0. The summed E-state index contributed by atoms with van der Waals surface area (Å²) in [6, 6.07) is 10.9. The lowest BCUT2D eigenvalue weighted by molar-refractivity contribution is -0.131. The third-order valence-electron chi connectivity index (χ3n) is 11.7. The maximum Gasteiger partial charge on any atom is 0.330 e. The van der Waals surface area contributed by atoms with Crippen LogP contribution in [0, 0.1) is 17.8 Å². The molecule has 5 aliphatic rings. The molecule has 2 aliphatic carbocycles. The van der Waals surface area contributed by atoms with Crippen LogP contribution in [0.4, 0.5) is 10.5 Å². The predicted molar refractivity (Wildman–Crippen MR) is 197 cm³/mol. The van der Waals surface area contributed by atoms with E-state index in [0.717, 1.165) is 49.4 Å². The molecule has 0 aromatic heterocycles. The molecule has 0 radical (unpaired) electrons. The van der Waals surface area contributed by atoms with Crippen molar-refractivity contribution >= 4 is 39.1 Å². The first-order valence-corrected chi connectivity index (χ1v) is 20.1. The topological polar surface area (TPSA) is 130 Å². The number of urea groups is 1. The number of hydrogen-bond donors (Lipinski definition) is 2. The normalized spacial score (nSPS) is 32.2. The first kappa shape index (κ1) is 36.2. The van der Waals surface area contributed by atoms with Gasteiger partial charge < -0.3 is 29.1 Å². The van der Waals surface area contributed by atoms with Crippen LogP contribution in [0.5, 0.6) is 5.75 Å². The predicted octanol–water partition coefficient (Wildman–Crippen LogP) is 5.38. The summed E-state index contributed by atoms with van der Waals surface area (Å²) in [6.07, 6.45) is 9.77. The maximum atomic E-state index is 14.5. The van der Waals surface area contributed by atoms with E-state index >= 15 is 0 Å². The first-order chi connectivity index (χ1) is 24.5. The van der Waals surface area contributed by atoms with Crippen molar-refractivity contribution in [3.8, 4) is 5.75 Å². The van der Waals surface area contributed by atoms with Gasteiger partial charge in [-0.2, -0.15) is 0 Å². The Hall–Kier alpha value is -3.16. The highest BCUT2D eigenvalue weighted by atomic mass is 35.5. The van der Waals surface area contributed by atoms with Crippen molar-refractivity contribution < 1.29 is 33.1 Å². The lowest BCUT2D eigenvalue weighted by Crippen LogP contribution is -2.68. The minimum absolute atomic E-state index is 0.0199. The number of nitrogens with zero attached hydrogens (tertiary/aromatic N) is 3. The van der Waals surface area contributed by atoms with E-state index in [0.29, 0.717) is 37.2 Å². The third-order valence-corrected chi connectivity index (χ3v) is 13.9. The molecule has 51 heavy (non-hydrogen) atoms. The zero-order chi connectivity index (χ0) is 36.0. The number of carbonyl (C=O) groups excluding carboxylic acids is 2. The lowest BCUT2D eigenvalue weighted by atomic mass is 9.68. The van der Waals surface area contributed by atoms with Gasteiger partial charge in [-0.15, -0.1) is 4.36 Å². The molecule has 2 N–H and O–H groups in total. The van der Waals surface area contributed by atoms with E-state index in [9.17, 15) is 18.9 Å². The van der Waals surface area contributed by atoms with Gasteiger partial charge in [0.2, 0.25) is 0 Å². The van der Waals surface area contributed by atoms with Gasteiger partial charge in [-0.1, -0.05) is 36.7 Å². The average Bonchev–Trinajstić information content (AvgIpc) is 3.22. The highest BCUT2D eigenvalue weighted by Gasteiger charge is 2.47. The Kier molecular flexibility index (Phi) is 10.2. The fourth-order valence-corrected chi connectivity index (χ4v) is 10.7. The summed E-state index contributed by atoms with van der Waals surface area (Å²) in [6.45, 7) is 3.92. The second-order valence-electron chi connectivity index (χ2n) is 15.3. The Morgan fingerprint density at radius 1 is 1.18 bits per heavy atom. The van der Waals surface area contributed by atoms with Crippen molar-refractivity contribution in [2.45, 2.75) is 62.6 Å². The Balaban J connectivity index is 1.27. The smallest absolute Gasteiger partial charge is 0.330 e. The summed E-state index contributed by atoms with van der Waals surface area (Å²) in [4.78, 5) is 31.1. The van der Waals surface area contributed by atoms with Gasteiger partial charge in [-0.3, -0.25) is 9.52 Å². The third kappa shape index (κ3) is 7.14. The minimum Gasteiger partial charge on any atom is -0.490 e. The van der Waals surface area contributed by atoms with Crippen LogP contribution in [0.1, 0.15) is 60.5 Å². The minimum atomic E-state index is -3.55. The van der Waals surface area contributed by atoms with E-state index in [1.807, 2.05) is 25.1 Å². The van der Waals surface area contributed by atoms with Gasteiger partial charge in [-0.25, -0.2) is 9.00 Å². The van der Waals surface area contributed by atoms with Gasteiger partial charge in [-0.05, 0) is 97.7 Å². The number of allylic oxidation sites excluding steroid dienone is 1. The SMILES string of the molecule is CO[C@H]1/C=C\C[C@H](C)CS(=O)(NC(=O)N2CC(CO)(OC)C2)=NC(=O)c2ccc3c(c2)N(C[C@@H]2CC[C@H]21)C[C@@]1(CCCc2cc(Cl)ccc21)CO3. The summed E-state index contributed by atoms with van der Waals surface area (Å²) < 4.78 is 39.4. The summed E-state index contributed by atoms with van der Waals surface area (Å²) in [5.74, 6) is 0.544. The highest BCUT2D eigenvalue weighted by molar-refractivity contribution is 7.92. The quantitative estimate of drug-likeness (QED) is 0.400. The molecule has 3 amide bonds. The molecule has 1 saturated carbocycles. The van der Waals surface area contributed by atoms with Crippen LogP contribution in [-0.2, 0) is 31.2 Å². The van der Waals surface area contributed by atoms with Crippen LogP contribution < -0.4 is 14.4 Å². The molecular formula is C38H49ClN4O7S. The lowest BCUT2D eigenvalue weighted by Gasteiger charge is -2.47. The molecule has 1 unspecified atom stereocenters. The van der Waals surface area contributed by atoms with Crippen molar-refractivity contribution in [1.29, 1.82) is 0 Å². The number of ether oxygens (including phenoxy) is 3. The van der Waals surface area contributed by atoms with Crippen molar-refractivity contribution in [3.05, 3.63) is 70.3 Å². The van der Waals surface area contributed by atoms with Gasteiger partial charge in [0.15, 0.2) is 0 Å². The number of aliphatic hydroxyl groups is 1. The standard InChI is InChI=1S/C38H49ClN4O7S/c1-25-6-4-8-33(48-2)30-12-9-28(30)18-42-20-37(15-5-7-26-16-29(39)11-13-31(26)37)24-50-34-14-10-27(17-32(34)42)35(45)40-51(47,19-25)41-36(46)43-21-38(22-43,23-44)49-3/h4,8,10-11,13-14,16-17,25,28,30,33,44H,5-7,9,12,15,18-24H2,1-3H3,(H,40,41,45,46,47)/b8-4-/t25-,28-,30+,33-,37-,51?/m0/s1. The molecule has 2 aromatic carbocycles. The monoisotopic (exact) mass is 740 g/mol. The zero-order valence-electron chi connectivity index (χ0n) is 29.6. The van der Waals surface area contributed by atoms with Crippen molar-refractivity contribution in [2.75, 3.05) is 64.3 Å². The van der Waals surface area contributed by atoms with E-state index in [2.05, 4.69) is 38.3 Å². The van der Waals surface area contributed by atoms with Crippen LogP contribution in [0.15, 0.2) is 52.9 Å². The molecule has 276 valence electrons. The molecule has 7 rings (SSSR count). The summed E-state index contributed by atoms with van der Waals surface area (Å²) in [5, 5.41) is 10.5. The second kappa shape index (κ2) is 14.3.